The third kappa shape index (κ3) is 4.56. The van der Waals surface area contributed by atoms with E-state index in [1.165, 1.54) is 7.11 Å². The Morgan fingerprint density at radius 3 is 2.41 bits per heavy atom. The van der Waals surface area contributed by atoms with E-state index in [1.807, 2.05) is 59.5 Å². The van der Waals surface area contributed by atoms with Crippen LogP contribution in [-0.4, -0.2) is 66.3 Å². The topological polar surface area (TPSA) is 96.8 Å². The molecule has 1 aliphatic heterocycles. The van der Waals surface area contributed by atoms with Crippen molar-refractivity contribution in [2.45, 2.75) is 6.54 Å². The Morgan fingerprint density at radius 2 is 1.69 bits per heavy atom. The Labute approximate surface area is 185 Å². The molecular formula is C23H25N5O4. The van der Waals surface area contributed by atoms with E-state index in [9.17, 15) is 14.4 Å². The average molecular weight is 435 g/mol. The Morgan fingerprint density at radius 1 is 1.00 bits per heavy atom. The number of methoxy groups -OCH3 is 1. The minimum Gasteiger partial charge on any atom is -0.468 e. The van der Waals surface area contributed by atoms with Crippen LogP contribution in [0.4, 0.5) is 10.6 Å². The molecule has 1 fully saturated rings. The zero-order chi connectivity index (χ0) is 22.5. The number of amides is 2. The smallest absolute Gasteiger partial charge is 0.325 e. The minimum absolute atomic E-state index is 0.156. The van der Waals surface area contributed by atoms with E-state index in [2.05, 4.69) is 15.0 Å². The number of urea groups is 1. The van der Waals surface area contributed by atoms with Gasteiger partial charge in [-0.3, -0.25) is 14.2 Å². The van der Waals surface area contributed by atoms with Crippen LogP contribution in [0.2, 0.25) is 0 Å². The molecule has 2 aromatic carbocycles. The molecular weight excluding hydrogens is 410 g/mol. The van der Waals surface area contributed by atoms with Crippen LogP contribution in [0, 0.1) is 0 Å². The van der Waals surface area contributed by atoms with Gasteiger partial charge in [0, 0.05) is 26.2 Å². The van der Waals surface area contributed by atoms with Crippen molar-refractivity contribution in [3.05, 3.63) is 70.5 Å². The molecule has 0 atom stereocenters. The number of para-hydroxylation sites is 2. The second kappa shape index (κ2) is 9.51. The molecule has 0 aliphatic carbocycles. The van der Waals surface area contributed by atoms with E-state index in [-0.39, 0.29) is 18.1 Å². The number of aromatic nitrogens is 2. The van der Waals surface area contributed by atoms with E-state index in [0.29, 0.717) is 38.5 Å². The van der Waals surface area contributed by atoms with E-state index in [4.69, 9.17) is 0 Å². The number of ether oxygens (including phenoxy) is 1. The highest BCUT2D eigenvalue weighted by Gasteiger charge is 2.25. The van der Waals surface area contributed by atoms with Crippen molar-refractivity contribution in [2.24, 2.45) is 0 Å². The number of esters is 1. The van der Waals surface area contributed by atoms with E-state index in [1.54, 1.807) is 9.47 Å². The Hall–Kier alpha value is -3.88. The number of fused-ring (bicyclic) bond motifs is 1. The van der Waals surface area contributed by atoms with Gasteiger partial charge in [-0.1, -0.05) is 42.5 Å². The molecule has 0 unspecified atom stereocenters. The summed E-state index contributed by atoms with van der Waals surface area (Å²) in [4.78, 5) is 45.1. The van der Waals surface area contributed by atoms with Gasteiger partial charge in [0.2, 0.25) is 0 Å². The highest BCUT2D eigenvalue weighted by molar-refractivity contribution is 5.81. The molecule has 0 radical (unpaired) electrons. The number of rotatable bonds is 5. The maximum atomic E-state index is 13.4. The van der Waals surface area contributed by atoms with Gasteiger partial charge < -0.3 is 19.9 Å². The van der Waals surface area contributed by atoms with Gasteiger partial charge in [0.1, 0.15) is 6.54 Å². The Balaban J connectivity index is 1.55. The first-order valence-corrected chi connectivity index (χ1v) is 10.4. The van der Waals surface area contributed by atoms with Crippen LogP contribution in [0.1, 0.15) is 5.56 Å². The summed E-state index contributed by atoms with van der Waals surface area (Å²) in [5.74, 6) is -0.120. The Bertz CT molecular complexity index is 1170. The third-order valence-electron chi connectivity index (χ3n) is 5.50. The number of anilines is 1. The van der Waals surface area contributed by atoms with Crippen molar-refractivity contribution < 1.29 is 14.3 Å². The van der Waals surface area contributed by atoms with Crippen LogP contribution in [0.25, 0.3) is 11.0 Å². The highest BCUT2D eigenvalue weighted by atomic mass is 16.5. The minimum atomic E-state index is -0.503. The lowest BCUT2D eigenvalue weighted by atomic mass is 10.2. The average Bonchev–Trinajstić information content (AvgIpc) is 2.84. The number of nitrogens with one attached hydrogen (secondary N) is 1. The molecule has 2 amide bonds. The lowest BCUT2D eigenvalue weighted by Crippen LogP contribution is -2.53. The summed E-state index contributed by atoms with van der Waals surface area (Å²) in [7, 11) is 1.27. The highest BCUT2D eigenvalue weighted by Crippen LogP contribution is 2.17. The van der Waals surface area contributed by atoms with Gasteiger partial charge in [0.05, 0.1) is 24.7 Å². The van der Waals surface area contributed by atoms with Gasteiger partial charge in [0.25, 0.3) is 5.56 Å². The first-order valence-electron chi connectivity index (χ1n) is 10.4. The molecule has 32 heavy (non-hydrogen) atoms. The van der Waals surface area contributed by atoms with Gasteiger partial charge in [0.15, 0.2) is 5.82 Å². The van der Waals surface area contributed by atoms with Gasteiger partial charge in [-0.15, -0.1) is 0 Å². The number of carbonyl (C=O) groups excluding carboxylic acids is 2. The number of benzene rings is 2. The van der Waals surface area contributed by atoms with Crippen molar-refractivity contribution >= 4 is 28.9 Å². The van der Waals surface area contributed by atoms with Gasteiger partial charge in [-0.05, 0) is 17.7 Å². The lowest BCUT2D eigenvalue weighted by Gasteiger charge is -2.35. The number of hydrogen-bond acceptors (Lipinski definition) is 6. The molecule has 1 N–H and O–H groups in total. The van der Waals surface area contributed by atoms with Crippen LogP contribution in [0.5, 0.6) is 0 Å². The zero-order valence-electron chi connectivity index (χ0n) is 17.9. The van der Waals surface area contributed by atoms with Crippen LogP contribution >= 0.6 is 0 Å². The maximum Gasteiger partial charge on any atom is 0.325 e. The van der Waals surface area contributed by atoms with Crippen LogP contribution < -0.4 is 15.8 Å². The predicted molar refractivity (Wildman–Crippen MR) is 121 cm³/mol. The molecule has 1 aliphatic rings. The molecule has 0 bridgehead atoms. The first-order chi connectivity index (χ1) is 15.6. The zero-order valence-corrected chi connectivity index (χ0v) is 17.9. The monoisotopic (exact) mass is 435 g/mol. The number of piperazine rings is 1. The van der Waals surface area contributed by atoms with Crippen molar-refractivity contribution in [3.8, 4) is 0 Å². The quantitative estimate of drug-likeness (QED) is 0.610. The summed E-state index contributed by atoms with van der Waals surface area (Å²) in [6.45, 7) is 2.05. The van der Waals surface area contributed by atoms with Crippen LogP contribution in [0.15, 0.2) is 59.4 Å². The second-order valence-corrected chi connectivity index (χ2v) is 7.51. The number of carbonyl (C=O) groups is 2. The molecule has 3 aromatic rings. The molecule has 166 valence electrons. The SMILES string of the molecule is COC(=O)CNC(=O)N1CCN(c2nc3ccccc3n(Cc3ccccc3)c2=O)CC1. The van der Waals surface area contributed by atoms with Gasteiger partial charge in [-0.2, -0.15) is 0 Å². The molecule has 0 saturated carbocycles. The second-order valence-electron chi connectivity index (χ2n) is 7.51. The van der Waals surface area contributed by atoms with Crippen molar-refractivity contribution in [3.63, 3.8) is 0 Å². The fourth-order valence-corrected chi connectivity index (χ4v) is 3.76. The van der Waals surface area contributed by atoms with Crippen LogP contribution in [0.3, 0.4) is 0 Å². The molecule has 0 spiro atoms. The number of hydrogen-bond donors (Lipinski definition) is 1. The summed E-state index contributed by atoms with van der Waals surface area (Å²) in [6.07, 6.45) is 0. The molecule has 1 saturated heterocycles. The summed E-state index contributed by atoms with van der Waals surface area (Å²) in [6, 6.07) is 17.1. The predicted octanol–water partition coefficient (Wildman–Crippen LogP) is 1.45. The molecule has 1 aromatic heterocycles. The van der Waals surface area contributed by atoms with Gasteiger partial charge in [-0.25, -0.2) is 9.78 Å². The normalized spacial score (nSPS) is 13.8. The fourth-order valence-electron chi connectivity index (χ4n) is 3.76. The molecule has 2 heterocycles. The van der Waals surface area contributed by atoms with Gasteiger partial charge >= 0.3 is 12.0 Å². The lowest BCUT2D eigenvalue weighted by molar-refractivity contribution is -0.139. The Kier molecular flexibility index (Phi) is 6.34. The third-order valence-corrected chi connectivity index (χ3v) is 5.50. The van der Waals surface area contributed by atoms with Crippen molar-refractivity contribution in [1.82, 2.24) is 19.8 Å². The standard InChI is InChI=1S/C23H25N5O4/c1-32-20(29)15-24-23(31)27-13-11-26(12-14-27)21-22(30)28(16-17-7-3-2-4-8-17)19-10-6-5-9-18(19)25-21/h2-10H,11-16H2,1H3,(H,24,31). The van der Waals surface area contributed by atoms with Crippen molar-refractivity contribution in [1.29, 1.82) is 0 Å². The number of nitrogens with zero attached hydrogens (tertiary/aromatic N) is 4. The van der Waals surface area contributed by atoms with Crippen LogP contribution in [-0.2, 0) is 16.1 Å². The summed E-state index contributed by atoms with van der Waals surface area (Å²) >= 11 is 0. The van der Waals surface area contributed by atoms with E-state index >= 15 is 0 Å². The first kappa shape index (κ1) is 21.4. The van der Waals surface area contributed by atoms with E-state index in [0.717, 1.165) is 16.6 Å². The largest absolute Gasteiger partial charge is 0.468 e. The van der Waals surface area contributed by atoms with E-state index < -0.39 is 5.97 Å². The summed E-state index contributed by atoms with van der Waals surface area (Å²) in [5, 5.41) is 2.54. The van der Waals surface area contributed by atoms with Crippen molar-refractivity contribution in [2.75, 3.05) is 44.7 Å². The summed E-state index contributed by atoms with van der Waals surface area (Å²) in [5.41, 5.74) is 2.40. The molecule has 9 heteroatoms. The fraction of sp³-hybridized carbons (Fsp3) is 0.304. The molecule has 9 nitrogen and oxygen atoms in total. The summed E-state index contributed by atoms with van der Waals surface area (Å²) < 4.78 is 6.29. The maximum absolute atomic E-state index is 13.4. The molecule has 4 rings (SSSR count).